The summed E-state index contributed by atoms with van der Waals surface area (Å²) in [6.45, 7) is 0.462. The third kappa shape index (κ3) is 4.56. The summed E-state index contributed by atoms with van der Waals surface area (Å²) in [4.78, 5) is 36.0. The van der Waals surface area contributed by atoms with E-state index in [4.69, 9.17) is 11.6 Å². The van der Waals surface area contributed by atoms with E-state index in [2.05, 4.69) is 5.32 Å². The second kappa shape index (κ2) is 7.94. The number of benzene rings is 1. The average molecular weight is 323 g/mol. The first-order valence-corrected chi connectivity index (χ1v) is 7.83. The molecule has 1 aliphatic heterocycles. The molecule has 0 spiro atoms. The Morgan fingerprint density at radius 1 is 1.09 bits per heavy atom. The van der Waals surface area contributed by atoms with Gasteiger partial charge in [0.25, 0.3) is 0 Å². The summed E-state index contributed by atoms with van der Waals surface area (Å²) in [6, 6.07) is 7.09. The average Bonchev–Trinajstić information content (AvgIpc) is 2.81. The molecule has 5 nitrogen and oxygen atoms in total. The number of halogens is 1. The van der Waals surface area contributed by atoms with Gasteiger partial charge < -0.3 is 5.32 Å². The zero-order chi connectivity index (χ0) is 15.9. The lowest BCUT2D eigenvalue weighted by molar-refractivity contribution is -0.138. The number of unbranched alkanes of at least 4 members (excludes halogenated alkanes) is 2. The van der Waals surface area contributed by atoms with Crippen molar-refractivity contribution >= 4 is 35.0 Å². The molecule has 6 heteroatoms. The van der Waals surface area contributed by atoms with Crippen LogP contribution in [-0.2, 0) is 14.4 Å². The second-order valence-corrected chi connectivity index (χ2v) is 5.68. The van der Waals surface area contributed by atoms with Crippen LogP contribution in [-0.4, -0.2) is 29.2 Å². The smallest absolute Gasteiger partial charge is 0.229 e. The van der Waals surface area contributed by atoms with E-state index in [-0.39, 0.29) is 17.7 Å². The van der Waals surface area contributed by atoms with Crippen LogP contribution in [0.1, 0.15) is 38.5 Å². The van der Waals surface area contributed by atoms with Gasteiger partial charge in [-0.2, -0.15) is 0 Å². The Morgan fingerprint density at radius 3 is 2.45 bits per heavy atom. The first kappa shape index (κ1) is 16.5. The van der Waals surface area contributed by atoms with E-state index in [1.165, 1.54) is 4.90 Å². The van der Waals surface area contributed by atoms with Gasteiger partial charge in [0.1, 0.15) is 0 Å². The van der Waals surface area contributed by atoms with Gasteiger partial charge in [-0.25, -0.2) is 0 Å². The number of carbonyl (C=O) groups is 3. The lowest BCUT2D eigenvalue weighted by Gasteiger charge is -2.13. The minimum Gasteiger partial charge on any atom is -0.325 e. The molecule has 0 radical (unpaired) electrons. The Labute approximate surface area is 134 Å². The van der Waals surface area contributed by atoms with Gasteiger partial charge in [-0.1, -0.05) is 30.2 Å². The Bertz CT molecular complexity index is 558. The standard InChI is InChI=1S/C16H19ClN2O3/c17-12-6-3-4-7-13(12)18-14(20)8-2-1-5-11-19-15(21)9-10-16(19)22/h3-4,6-7H,1-2,5,8-11H2,(H,18,20). The fourth-order valence-corrected chi connectivity index (χ4v) is 2.56. The van der Waals surface area contributed by atoms with Crippen molar-refractivity contribution in [2.24, 2.45) is 0 Å². The molecule has 0 atom stereocenters. The van der Waals surface area contributed by atoms with Gasteiger partial charge in [-0.3, -0.25) is 19.3 Å². The van der Waals surface area contributed by atoms with E-state index in [1.807, 2.05) is 6.07 Å². The van der Waals surface area contributed by atoms with Crippen molar-refractivity contribution in [2.75, 3.05) is 11.9 Å². The first-order chi connectivity index (χ1) is 10.6. The Balaban J connectivity index is 1.62. The largest absolute Gasteiger partial charge is 0.325 e. The SMILES string of the molecule is O=C(CCCCCN1C(=O)CCC1=O)Nc1ccccc1Cl. The summed E-state index contributed by atoms with van der Waals surface area (Å²) in [6.07, 6.45) is 3.31. The molecule has 2 rings (SSSR count). The van der Waals surface area contributed by atoms with Crippen LogP contribution in [0.25, 0.3) is 0 Å². The summed E-state index contributed by atoms with van der Waals surface area (Å²) < 4.78 is 0. The van der Waals surface area contributed by atoms with E-state index in [1.54, 1.807) is 18.2 Å². The number of nitrogens with zero attached hydrogens (tertiary/aromatic N) is 1. The van der Waals surface area contributed by atoms with E-state index in [0.29, 0.717) is 42.9 Å². The minimum atomic E-state index is -0.0820. The highest BCUT2D eigenvalue weighted by Crippen LogP contribution is 2.20. The molecule has 1 aliphatic rings. The summed E-state index contributed by atoms with van der Waals surface area (Å²) in [7, 11) is 0. The van der Waals surface area contributed by atoms with Crippen LogP contribution in [0.5, 0.6) is 0 Å². The van der Waals surface area contributed by atoms with Crippen LogP contribution >= 0.6 is 11.6 Å². The fraction of sp³-hybridized carbons (Fsp3) is 0.438. The summed E-state index contributed by atoms with van der Waals surface area (Å²) in [5, 5.41) is 3.28. The third-order valence-electron chi connectivity index (χ3n) is 3.59. The van der Waals surface area contributed by atoms with Gasteiger partial charge >= 0.3 is 0 Å². The molecule has 1 saturated heterocycles. The molecule has 1 aromatic rings. The van der Waals surface area contributed by atoms with E-state index < -0.39 is 0 Å². The third-order valence-corrected chi connectivity index (χ3v) is 3.92. The van der Waals surface area contributed by atoms with Gasteiger partial charge in [0.2, 0.25) is 17.7 Å². The number of carbonyl (C=O) groups excluding carboxylic acids is 3. The van der Waals surface area contributed by atoms with Crippen molar-refractivity contribution in [1.29, 1.82) is 0 Å². The molecule has 0 aliphatic carbocycles. The highest BCUT2D eigenvalue weighted by molar-refractivity contribution is 6.33. The van der Waals surface area contributed by atoms with Gasteiger partial charge in [-0.05, 0) is 25.0 Å². The number of imide groups is 1. The molecule has 1 aromatic carbocycles. The van der Waals surface area contributed by atoms with Crippen LogP contribution in [0.3, 0.4) is 0 Å². The first-order valence-electron chi connectivity index (χ1n) is 7.45. The maximum atomic E-state index is 11.8. The highest BCUT2D eigenvalue weighted by atomic mass is 35.5. The van der Waals surface area contributed by atoms with E-state index in [9.17, 15) is 14.4 Å². The molecule has 0 aromatic heterocycles. The van der Waals surface area contributed by atoms with Crippen LogP contribution in [0.4, 0.5) is 5.69 Å². The number of hydrogen-bond donors (Lipinski definition) is 1. The summed E-state index contributed by atoms with van der Waals surface area (Å²) in [5.41, 5.74) is 0.613. The zero-order valence-corrected chi connectivity index (χ0v) is 13.1. The molecule has 1 fully saturated rings. The van der Waals surface area contributed by atoms with E-state index >= 15 is 0 Å². The Morgan fingerprint density at radius 2 is 1.77 bits per heavy atom. The van der Waals surface area contributed by atoms with Crippen molar-refractivity contribution in [2.45, 2.75) is 38.5 Å². The molecule has 0 unspecified atom stereocenters. The topological polar surface area (TPSA) is 66.5 Å². The zero-order valence-electron chi connectivity index (χ0n) is 12.3. The summed E-state index contributed by atoms with van der Waals surface area (Å²) in [5.74, 6) is -0.246. The number of amides is 3. The van der Waals surface area contributed by atoms with Gasteiger partial charge in [0, 0.05) is 25.8 Å². The molecule has 3 amide bonds. The molecule has 0 bridgehead atoms. The highest BCUT2D eigenvalue weighted by Gasteiger charge is 2.27. The second-order valence-electron chi connectivity index (χ2n) is 5.28. The molecule has 22 heavy (non-hydrogen) atoms. The minimum absolute atomic E-state index is 0.0820. The Hall–Kier alpha value is -1.88. The lowest BCUT2D eigenvalue weighted by Crippen LogP contribution is -2.29. The predicted octanol–water partition coefficient (Wildman–Crippen LogP) is 2.99. The number of likely N-dealkylation sites (tertiary alicyclic amines) is 1. The van der Waals surface area contributed by atoms with Crippen molar-refractivity contribution in [3.8, 4) is 0 Å². The van der Waals surface area contributed by atoms with Crippen LogP contribution in [0.15, 0.2) is 24.3 Å². The number of nitrogens with one attached hydrogen (secondary N) is 1. The molecule has 0 saturated carbocycles. The fourth-order valence-electron chi connectivity index (χ4n) is 2.38. The molecule has 1 heterocycles. The normalized spacial score (nSPS) is 14.5. The van der Waals surface area contributed by atoms with Crippen molar-refractivity contribution in [3.63, 3.8) is 0 Å². The number of hydrogen-bond acceptors (Lipinski definition) is 3. The summed E-state index contributed by atoms with van der Waals surface area (Å²) >= 11 is 5.97. The predicted molar refractivity (Wildman–Crippen MR) is 84.5 cm³/mol. The van der Waals surface area contributed by atoms with Crippen molar-refractivity contribution in [3.05, 3.63) is 29.3 Å². The van der Waals surface area contributed by atoms with Gasteiger partial charge in [0.15, 0.2) is 0 Å². The van der Waals surface area contributed by atoms with Gasteiger partial charge in [0.05, 0.1) is 10.7 Å². The molecular weight excluding hydrogens is 304 g/mol. The van der Waals surface area contributed by atoms with Crippen molar-refractivity contribution in [1.82, 2.24) is 4.90 Å². The lowest BCUT2D eigenvalue weighted by atomic mass is 10.1. The van der Waals surface area contributed by atoms with Gasteiger partial charge in [-0.15, -0.1) is 0 Å². The van der Waals surface area contributed by atoms with Crippen LogP contribution in [0, 0.1) is 0 Å². The molecule has 1 N–H and O–H groups in total. The van der Waals surface area contributed by atoms with E-state index in [0.717, 1.165) is 12.8 Å². The maximum Gasteiger partial charge on any atom is 0.229 e. The quantitative estimate of drug-likeness (QED) is 0.620. The monoisotopic (exact) mass is 322 g/mol. The number of rotatable bonds is 7. The molecule has 118 valence electrons. The van der Waals surface area contributed by atoms with Crippen molar-refractivity contribution < 1.29 is 14.4 Å². The number of anilines is 1. The van der Waals surface area contributed by atoms with Crippen LogP contribution in [0.2, 0.25) is 5.02 Å². The maximum absolute atomic E-state index is 11.8. The molecular formula is C16H19ClN2O3. The Kier molecular flexibility index (Phi) is 5.95. The van der Waals surface area contributed by atoms with Crippen LogP contribution < -0.4 is 5.32 Å². The number of para-hydroxylation sites is 1.